The van der Waals surface area contributed by atoms with Crippen molar-refractivity contribution in [2.75, 3.05) is 4.90 Å². The van der Waals surface area contributed by atoms with E-state index in [0.717, 1.165) is 5.69 Å². The van der Waals surface area contributed by atoms with Crippen molar-refractivity contribution in [1.82, 2.24) is 5.32 Å². The lowest BCUT2D eigenvalue weighted by Crippen LogP contribution is -2.48. The number of nitriles is 2. The number of benzene rings is 1. The number of para-hydroxylation sites is 1. The third-order valence-electron chi connectivity index (χ3n) is 2.71. The summed E-state index contributed by atoms with van der Waals surface area (Å²) in [5, 5.41) is 20.8. The summed E-state index contributed by atoms with van der Waals surface area (Å²) < 4.78 is 0. The molecule has 1 aliphatic heterocycles. The van der Waals surface area contributed by atoms with E-state index in [-0.39, 0.29) is 27.9 Å². The normalized spacial score (nSPS) is 14.4. The predicted octanol–water partition coefficient (Wildman–Crippen LogP) is 0.769. The van der Waals surface area contributed by atoms with Crippen LogP contribution in [0.2, 0.25) is 0 Å². The number of hydrogen-bond acceptors (Lipinski definition) is 5. The Morgan fingerprint density at radius 1 is 1.15 bits per heavy atom. The lowest BCUT2D eigenvalue weighted by atomic mass is 10.1. The lowest BCUT2D eigenvalue weighted by molar-refractivity contribution is 0.958. The molecule has 0 amide bonds. The van der Waals surface area contributed by atoms with Crippen LogP contribution in [0, 0.1) is 22.7 Å². The molecule has 0 fully saturated rings. The van der Waals surface area contributed by atoms with E-state index in [0.29, 0.717) is 0 Å². The van der Waals surface area contributed by atoms with E-state index in [2.05, 4.69) is 5.32 Å². The minimum Gasteiger partial charge on any atom is -0.394 e. The van der Waals surface area contributed by atoms with Gasteiger partial charge in [0.05, 0.1) is 11.4 Å². The molecule has 98 valence electrons. The topological polar surface area (TPSA) is 115 Å². The average molecular weight is 282 g/mol. The van der Waals surface area contributed by atoms with Gasteiger partial charge < -0.3 is 16.8 Å². The van der Waals surface area contributed by atoms with Crippen molar-refractivity contribution in [3.05, 3.63) is 53.1 Å². The number of nitrogens with two attached hydrogens (primary N) is 2. The number of hydrogen-bond donors (Lipinski definition) is 3. The summed E-state index contributed by atoms with van der Waals surface area (Å²) in [7, 11) is 0. The summed E-state index contributed by atoms with van der Waals surface area (Å²) in [6.45, 7) is 0. The SMILES string of the molecule is N#CC(C#N)=C1NC(=S)N(c2ccccc2)C(N)=C1N. The molecule has 1 aromatic carbocycles. The van der Waals surface area contributed by atoms with E-state index in [1.165, 1.54) is 0 Å². The minimum atomic E-state index is -0.166. The molecular formula is C13H10N6S. The van der Waals surface area contributed by atoms with Gasteiger partial charge >= 0.3 is 0 Å². The Balaban J connectivity index is 2.59. The fourth-order valence-electron chi connectivity index (χ4n) is 1.76. The second-order valence-corrected chi connectivity index (χ2v) is 4.26. The molecule has 0 unspecified atom stereocenters. The smallest absolute Gasteiger partial charge is 0.183 e. The van der Waals surface area contributed by atoms with E-state index < -0.39 is 0 Å². The van der Waals surface area contributed by atoms with Crippen LogP contribution in [0.15, 0.2) is 53.1 Å². The Hall–Kier alpha value is -3.03. The van der Waals surface area contributed by atoms with Gasteiger partial charge in [0.25, 0.3) is 0 Å². The van der Waals surface area contributed by atoms with Gasteiger partial charge in [-0.05, 0) is 24.4 Å². The molecule has 0 aliphatic carbocycles. The molecule has 0 bridgehead atoms. The lowest BCUT2D eigenvalue weighted by Gasteiger charge is -2.32. The molecule has 0 saturated heterocycles. The molecule has 7 heteroatoms. The Kier molecular flexibility index (Phi) is 3.56. The van der Waals surface area contributed by atoms with Gasteiger partial charge in [-0.2, -0.15) is 10.5 Å². The van der Waals surface area contributed by atoms with Crippen molar-refractivity contribution in [3.8, 4) is 12.1 Å². The van der Waals surface area contributed by atoms with Crippen molar-refractivity contribution < 1.29 is 0 Å². The van der Waals surface area contributed by atoms with Gasteiger partial charge in [0, 0.05) is 5.69 Å². The molecule has 0 atom stereocenters. The van der Waals surface area contributed by atoms with E-state index >= 15 is 0 Å². The molecule has 0 saturated carbocycles. The fraction of sp³-hybridized carbons (Fsp3) is 0. The number of anilines is 1. The zero-order valence-corrected chi connectivity index (χ0v) is 11.1. The molecule has 6 nitrogen and oxygen atoms in total. The standard InChI is InChI=1S/C13H10N6S/c14-6-8(7-15)11-10(16)12(17)19(13(20)18-11)9-4-2-1-3-5-9/h1-5H,16-17H2,(H,18,20). The van der Waals surface area contributed by atoms with Crippen LogP contribution in [0.3, 0.4) is 0 Å². The van der Waals surface area contributed by atoms with Crippen LogP contribution < -0.4 is 21.7 Å². The molecule has 1 aromatic rings. The monoisotopic (exact) mass is 282 g/mol. The number of rotatable bonds is 1. The summed E-state index contributed by atoms with van der Waals surface area (Å²) in [6.07, 6.45) is 0. The van der Waals surface area contributed by atoms with Crippen molar-refractivity contribution in [3.63, 3.8) is 0 Å². The van der Waals surface area contributed by atoms with Gasteiger partial charge in [-0.25, -0.2) is 0 Å². The fourth-order valence-corrected chi connectivity index (χ4v) is 2.06. The average Bonchev–Trinajstić information content (AvgIpc) is 2.46. The highest BCUT2D eigenvalue weighted by atomic mass is 32.1. The number of thiocarbonyl (C=S) groups is 1. The van der Waals surface area contributed by atoms with Gasteiger partial charge in [0.2, 0.25) is 0 Å². The third-order valence-corrected chi connectivity index (χ3v) is 2.99. The first-order chi connectivity index (χ1) is 9.60. The molecule has 5 N–H and O–H groups in total. The third kappa shape index (κ3) is 2.14. The van der Waals surface area contributed by atoms with E-state index in [1.54, 1.807) is 17.0 Å². The summed E-state index contributed by atoms with van der Waals surface area (Å²) in [5.74, 6) is 0.179. The molecule has 0 radical (unpaired) electrons. The second-order valence-electron chi connectivity index (χ2n) is 3.87. The van der Waals surface area contributed by atoms with E-state index in [1.807, 2.05) is 30.3 Å². The quantitative estimate of drug-likeness (QED) is 0.514. The van der Waals surface area contributed by atoms with Gasteiger partial charge in [0.1, 0.15) is 18.0 Å². The predicted molar refractivity (Wildman–Crippen MR) is 78.3 cm³/mol. The molecule has 0 aromatic heterocycles. The molecule has 2 rings (SSSR count). The Bertz CT molecular complexity index is 689. The number of allylic oxidation sites excluding steroid dienone is 1. The van der Waals surface area contributed by atoms with Crippen molar-refractivity contribution >= 4 is 23.0 Å². The van der Waals surface area contributed by atoms with Crippen LogP contribution in [0.5, 0.6) is 0 Å². The summed E-state index contributed by atoms with van der Waals surface area (Å²) in [5.41, 5.74) is 12.7. The largest absolute Gasteiger partial charge is 0.394 e. The summed E-state index contributed by atoms with van der Waals surface area (Å²) >= 11 is 5.22. The first kappa shape index (κ1) is 13.4. The maximum atomic E-state index is 8.91. The minimum absolute atomic E-state index is 0.112. The van der Waals surface area contributed by atoms with Crippen LogP contribution in [0.25, 0.3) is 0 Å². The Morgan fingerprint density at radius 2 is 1.75 bits per heavy atom. The zero-order chi connectivity index (χ0) is 14.7. The van der Waals surface area contributed by atoms with Crippen LogP contribution in [-0.4, -0.2) is 5.11 Å². The summed E-state index contributed by atoms with van der Waals surface area (Å²) in [4.78, 5) is 1.54. The first-order valence-electron chi connectivity index (χ1n) is 5.56. The highest BCUT2D eigenvalue weighted by Crippen LogP contribution is 2.24. The Labute approximate surface area is 121 Å². The maximum Gasteiger partial charge on any atom is 0.183 e. The molecule has 20 heavy (non-hydrogen) atoms. The van der Waals surface area contributed by atoms with E-state index in [4.69, 9.17) is 34.2 Å². The summed E-state index contributed by atoms with van der Waals surface area (Å²) in [6, 6.07) is 12.7. The second kappa shape index (κ2) is 5.31. The van der Waals surface area contributed by atoms with E-state index in [9.17, 15) is 0 Å². The van der Waals surface area contributed by atoms with Crippen LogP contribution in [0.4, 0.5) is 5.69 Å². The van der Waals surface area contributed by atoms with Gasteiger partial charge in [-0.1, -0.05) is 18.2 Å². The van der Waals surface area contributed by atoms with Crippen LogP contribution in [-0.2, 0) is 0 Å². The molecule has 0 spiro atoms. The highest BCUT2D eigenvalue weighted by Gasteiger charge is 2.27. The van der Waals surface area contributed by atoms with Gasteiger partial charge in [0.15, 0.2) is 10.7 Å². The highest BCUT2D eigenvalue weighted by molar-refractivity contribution is 7.80. The number of nitrogens with zero attached hydrogens (tertiary/aromatic N) is 3. The van der Waals surface area contributed by atoms with Crippen molar-refractivity contribution in [2.45, 2.75) is 0 Å². The molecule has 1 aliphatic rings. The number of nitrogens with one attached hydrogen (secondary N) is 1. The van der Waals surface area contributed by atoms with Crippen LogP contribution >= 0.6 is 12.2 Å². The Morgan fingerprint density at radius 3 is 2.30 bits per heavy atom. The molecular weight excluding hydrogens is 272 g/mol. The zero-order valence-electron chi connectivity index (χ0n) is 10.3. The van der Waals surface area contributed by atoms with Crippen molar-refractivity contribution in [1.29, 1.82) is 10.5 Å². The molecule has 1 heterocycles. The van der Waals surface area contributed by atoms with Crippen molar-refractivity contribution in [2.24, 2.45) is 11.5 Å². The van der Waals surface area contributed by atoms with Gasteiger partial charge in [-0.15, -0.1) is 0 Å². The van der Waals surface area contributed by atoms with Gasteiger partial charge in [-0.3, -0.25) is 4.90 Å². The maximum absolute atomic E-state index is 8.91. The first-order valence-corrected chi connectivity index (χ1v) is 5.97. The van der Waals surface area contributed by atoms with Crippen LogP contribution in [0.1, 0.15) is 0 Å².